The van der Waals surface area contributed by atoms with Crippen LogP contribution in [0, 0.1) is 0 Å². The first-order valence-electron chi connectivity index (χ1n) is 16.8. The van der Waals surface area contributed by atoms with Gasteiger partial charge in [-0.05, 0) is 65.7 Å². The molecule has 51 heavy (non-hydrogen) atoms. The molecular formula is C45H25N3O2S. The molecule has 238 valence electrons. The van der Waals surface area contributed by atoms with E-state index in [4.69, 9.17) is 23.8 Å². The van der Waals surface area contributed by atoms with Crippen molar-refractivity contribution in [1.82, 2.24) is 15.0 Å². The van der Waals surface area contributed by atoms with Gasteiger partial charge in [0.05, 0.1) is 5.56 Å². The average molecular weight is 672 g/mol. The summed E-state index contributed by atoms with van der Waals surface area (Å²) >= 11 is 1.84. The number of fused-ring (bicyclic) bond motifs is 9. The van der Waals surface area contributed by atoms with E-state index in [2.05, 4.69) is 84.9 Å². The molecule has 7 aromatic carbocycles. The second kappa shape index (κ2) is 10.9. The van der Waals surface area contributed by atoms with Crippen LogP contribution in [0.5, 0.6) is 0 Å². The van der Waals surface area contributed by atoms with Gasteiger partial charge in [-0.3, -0.25) is 0 Å². The Morgan fingerprint density at radius 2 is 1.00 bits per heavy atom. The minimum Gasteiger partial charge on any atom is -0.456 e. The molecular weight excluding hydrogens is 647 g/mol. The number of thiophene rings is 1. The van der Waals surface area contributed by atoms with Gasteiger partial charge in [0.2, 0.25) is 0 Å². The first-order valence-corrected chi connectivity index (χ1v) is 17.7. The predicted molar refractivity (Wildman–Crippen MR) is 209 cm³/mol. The molecule has 0 amide bonds. The molecule has 0 N–H and O–H groups in total. The van der Waals surface area contributed by atoms with E-state index in [1.54, 1.807) is 0 Å². The fourth-order valence-corrected chi connectivity index (χ4v) is 8.35. The number of hydrogen-bond acceptors (Lipinski definition) is 6. The van der Waals surface area contributed by atoms with Crippen molar-refractivity contribution in [3.8, 4) is 45.3 Å². The van der Waals surface area contributed by atoms with Crippen LogP contribution in [-0.2, 0) is 0 Å². The molecule has 0 aliphatic heterocycles. The van der Waals surface area contributed by atoms with Gasteiger partial charge in [-0.2, -0.15) is 0 Å². The summed E-state index contributed by atoms with van der Waals surface area (Å²) in [4.78, 5) is 15.0. The van der Waals surface area contributed by atoms with Gasteiger partial charge in [-0.15, -0.1) is 11.3 Å². The highest BCUT2D eigenvalue weighted by Crippen LogP contribution is 2.40. The van der Waals surface area contributed by atoms with Crippen molar-refractivity contribution in [2.24, 2.45) is 0 Å². The van der Waals surface area contributed by atoms with Crippen molar-refractivity contribution in [3.63, 3.8) is 0 Å². The standard InChI is InChI=1S/C45H25N3O2S/c1-2-9-26(10-3-1)43-46-44(48-45(47-43)34-14-8-13-33-30-11-4-6-15-37(30)50-42(33)34)29-17-20-31-35-23-27(18-21-38(35)49-39(31)25-29)28-19-22-41-36(24-28)32-12-5-7-16-40(32)51-41/h1-25H. The molecule has 0 fully saturated rings. The first-order chi connectivity index (χ1) is 25.2. The summed E-state index contributed by atoms with van der Waals surface area (Å²) in [5, 5.41) is 6.79. The van der Waals surface area contributed by atoms with Crippen molar-refractivity contribution >= 4 is 75.4 Å². The zero-order chi connectivity index (χ0) is 33.5. The molecule has 0 radical (unpaired) electrons. The summed E-state index contributed by atoms with van der Waals surface area (Å²) in [5.41, 5.74) is 8.11. The quantitative estimate of drug-likeness (QED) is 0.186. The zero-order valence-electron chi connectivity index (χ0n) is 27.0. The van der Waals surface area contributed by atoms with E-state index in [0.29, 0.717) is 17.5 Å². The number of furan rings is 2. The SMILES string of the molecule is c1ccc(-c2nc(-c3ccc4c(c3)oc3ccc(-c5ccc6sc7ccccc7c6c5)cc34)nc(-c3cccc4c3oc3ccccc34)n2)cc1. The second-order valence-corrected chi connectivity index (χ2v) is 13.9. The highest BCUT2D eigenvalue weighted by Gasteiger charge is 2.19. The maximum atomic E-state index is 6.46. The summed E-state index contributed by atoms with van der Waals surface area (Å²) in [6, 6.07) is 52.3. The number of hydrogen-bond donors (Lipinski definition) is 0. The Morgan fingerprint density at radius 3 is 1.90 bits per heavy atom. The highest BCUT2D eigenvalue weighted by atomic mass is 32.1. The van der Waals surface area contributed by atoms with Crippen LogP contribution in [0.3, 0.4) is 0 Å². The Balaban J connectivity index is 1.05. The number of rotatable bonds is 4. The van der Waals surface area contributed by atoms with Crippen LogP contribution in [0.1, 0.15) is 0 Å². The number of aromatic nitrogens is 3. The minimum absolute atomic E-state index is 0.549. The van der Waals surface area contributed by atoms with E-state index < -0.39 is 0 Å². The third kappa shape index (κ3) is 4.50. The van der Waals surface area contributed by atoms with Gasteiger partial charge < -0.3 is 8.83 Å². The van der Waals surface area contributed by atoms with E-state index in [0.717, 1.165) is 66.1 Å². The minimum atomic E-state index is 0.549. The van der Waals surface area contributed by atoms with Gasteiger partial charge in [-0.1, -0.05) is 97.1 Å². The molecule has 0 aliphatic rings. The first kappa shape index (κ1) is 28.2. The van der Waals surface area contributed by atoms with E-state index in [1.807, 2.05) is 78.1 Å². The smallest absolute Gasteiger partial charge is 0.167 e. The van der Waals surface area contributed by atoms with Gasteiger partial charge >= 0.3 is 0 Å². The monoisotopic (exact) mass is 671 g/mol. The van der Waals surface area contributed by atoms with Crippen molar-refractivity contribution in [3.05, 3.63) is 152 Å². The molecule has 0 bridgehead atoms. The Morgan fingerprint density at radius 1 is 0.353 bits per heavy atom. The molecule has 4 aromatic heterocycles. The summed E-state index contributed by atoms with van der Waals surface area (Å²) in [6.07, 6.45) is 0. The van der Waals surface area contributed by atoms with Crippen LogP contribution in [-0.4, -0.2) is 15.0 Å². The van der Waals surface area contributed by atoms with Crippen molar-refractivity contribution < 1.29 is 8.83 Å². The fraction of sp³-hybridized carbons (Fsp3) is 0. The lowest BCUT2D eigenvalue weighted by Gasteiger charge is -2.09. The second-order valence-electron chi connectivity index (χ2n) is 12.8. The summed E-state index contributed by atoms with van der Waals surface area (Å²) in [7, 11) is 0. The van der Waals surface area contributed by atoms with Crippen LogP contribution < -0.4 is 0 Å². The lowest BCUT2D eigenvalue weighted by molar-refractivity contribution is 0.668. The van der Waals surface area contributed by atoms with Crippen LogP contribution >= 0.6 is 11.3 Å². The molecule has 0 atom stereocenters. The number of nitrogens with zero attached hydrogens (tertiary/aromatic N) is 3. The van der Waals surface area contributed by atoms with Crippen molar-refractivity contribution in [1.29, 1.82) is 0 Å². The molecule has 5 nitrogen and oxygen atoms in total. The largest absolute Gasteiger partial charge is 0.456 e. The molecule has 0 saturated carbocycles. The maximum absolute atomic E-state index is 6.46. The van der Waals surface area contributed by atoms with Gasteiger partial charge in [0.1, 0.15) is 22.3 Å². The Bertz CT molecular complexity index is 3160. The molecule has 0 aliphatic carbocycles. The van der Waals surface area contributed by atoms with Crippen LogP contribution in [0.15, 0.2) is 160 Å². The molecule has 11 rings (SSSR count). The molecule has 0 spiro atoms. The zero-order valence-corrected chi connectivity index (χ0v) is 27.8. The molecule has 0 unspecified atom stereocenters. The van der Waals surface area contributed by atoms with E-state index in [1.165, 1.54) is 25.7 Å². The summed E-state index contributed by atoms with van der Waals surface area (Å²) in [6.45, 7) is 0. The molecule has 6 heteroatoms. The van der Waals surface area contributed by atoms with Crippen LogP contribution in [0.2, 0.25) is 0 Å². The Labute approximate surface area is 295 Å². The average Bonchev–Trinajstić information content (AvgIpc) is 3.88. The van der Waals surface area contributed by atoms with Crippen LogP contribution in [0.25, 0.3) is 109 Å². The lowest BCUT2D eigenvalue weighted by atomic mass is 10.0. The Kier molecular flexibility index (Phi) is 6.05. The van der Waals surface area contributed by atoms with E-state index >= 15 is 0 Å². The lowest BCUT2D eigenvalue weighted by Crippen LogP contribution is -2.00. The molecule has 0 saturated heterocycles. The topological polar surface area (TPSA) is 65.0 Å². The number of para-hydroxylation sites is 2. The molecule has 11 aromatic rings. The molecule has 4 heterocycles. The van der Waals surface area contributed by atoms with Crippen molar-refractivity contribution in [2.45, 2.75) is 0 Å². The summed E-state index contributed by atoms with van der Waals surface area (Å²) < 4.78 is 15.4. The van der Waals surface area contributed by atoms with Gasteiger partial charge in [-0.25, -0.2) is 15.0 Å². The van der Waals surface area contributed by atoms with Gasteiger partial charge in [0, 0.05) is 52.8 Å². The fourth-order valence-electron chi connectivity index (χ4n) is 7.27. The number of benzene rings is 7. The Hall–Kier alpha value is -6.63. The highest BCUT2D eigenvalue weighted by molar-refractivity contribution is 7.25. The predicted octanol–water partition coefficient (Wildman–Crippen LogP) is 12.7. The van der Waals surface area contributed by atoms with E-state index in [-0.39, 0.29) is 0 Å². The third-order valence-electron chi connectivity index (χ3n) is 9.75. The summed E-state index contributed by atoms with van der Waals surface area (Å²) in [5.74, 6) is 1.70. The van der Waals surface area contributed by atoms with Crippen LogP contribution in [0.4, 0.5) is 0 Å². The normalized spacial score (nSPS) is 11.9. The van der Waals surface area contributed by atoms with Crippen molar-refractivity contribution in [2.75, 3.05) is 0 Å². The van der Waals surface area contributed by atoms with E-state index in [9.17, 15) is 0 Å². The maximum Gasteiger partial charge on any atom is 0.167 e. The third-order valence-corrected chi connectivity index (χ3v) is 10.9. The van der Waals surface area contributed by atoms with Gasteiger partial charge in [0.25, 0.3) is 0 Å². The van der Waals surface area contributed by atoms with Gasteiger partial charge in [0.15, 0.2) is 17.5 Å².